The van der Waals surface area contributed by atoms with Crippen LogP contribution in [0.5, 0.6) is 5.75 Å². The Bertz CT molecular complexity index is 926. The molecule has 1 aromatic heterocycles. The van der Waals surface area contributed by atoms with Crippen LogP contribution < -0.4 is 10.1 Å². The second-order valence-corrected chi connectivity index (χ2v) is 6.11. The van der Waals surface area contributed by atoms with Crippen molar-refractivity contribution in [3.8, 4) is 5.75 Å². The number of nitrogens with one attached hydrogen (secondary N) is 1. The van der Waals surface area contributed by atoms with Crippen LogP contribution in [0.1, 0.15) is 11.9 Å². The van der Waals surface area contributed by atoms with Crippen molar-refractivity contribution < 1.29 is 18.7 Å². The molecule has 2 aromatic carbocycles. The Morgan fingerprint density at radius 3 is 3.00 bits per heavy atom. The number of halogens is 1. The molecule has 2 heterocycles. The lowest BCUT2D eigenvalue weighted by Gasteiger charge is -2.26. The van der Waals surface area contributed by atoms with Gasteiger partial charge in [-0.25, -0.2) is 9.37 Å². The summed E-state index contributed by atoms with van der Waals surface area (Å²) in [5, 5.41) is 2.86. The van der Waals surface area contributed by atoms with Gasteiger partial charge in [-0.2, -0.15) is 0 Å². The fourth-order valence-corrected chi connectivity index (χ4v) is 3.09. The van der Waals surface area contributed by atoms with Gasteiger partial charge in [-0.05, 0) is 24.3 Å². The maximum atomic E-state index is 13.4. The molecule has 0 saturated heterocycles. The highest BCUT2D eigenvalue weighted by Gasteiger charge is 2.24. The molecule has 0 saturated carbocycles. The molecule has 1 aliphatic heterocycles. The van der Waals surface area contributed by atoms with Gasteiger partial charge in [0, 0.05) is 12.6 Å². The van der Waals surface area contributed by atoms with Crippen molar-refractivity contribution in [2.24, 2.45) is 0 Å². The van der Waals surface area contributed by atoms with Crippen LogP contribution in [-0.2, 0) is 16.1 Å². The molecule has 1 amide bonds. The third-order valence-corrected chi connectivity index (χ3v) is 4.28. The van der Waals surface area contributed by atoms with Crippen LogP contribution in [0.25, 0.3) is 11.0 Å². The Morgan fingerprint density at radius 1 is 1.31 bits per heavy atom. The van der Waals surface area contributed by atoms with E-state index in [1.54, 1.807) is 18.2 Å². The van der Waals surface area contributed by atoms with E-state index in [0.717, 1.165) is 11.3 Å². The zero-order valence-electron chi connectivity index (χ0n) is 14.0. The molecule has 0 aliphatic carbocycles. The van der Waals surface area contributed by atoms with Crippen molar-refractivity contribution in [3.63, 3.8) is 0 Å². The molecule has 0 spiro atoms. The number of hydrogen-bond donors (Lipinski definition) is 1. The van der Waals surface area contributed by atoms with Crippen LogP contribution in [0.2, 0.25) is 0 Å². The number of carbonyl (C=O) groups is 1. The number of carbonyl (C=O) groups excluding carboxylic acids is 1. The van der Waals surface area contributed by atoms with E-state index in [1.165, 1.54) is 12.1 Å². The van der Waals surface area contributed by atoms with Crippen molar-refractivity contribution in [3.05, 3.63) is 60.2 Å². The molecule has 1 aliphatic rings. The zero-order valence-corrected chi connectivity index (χ0v) is 14.0. The lowest BCUT2D eigenvalue weighted by Crippen LogP contribution is -2.37. The first-order chi connectivity index (χ1) is 12.7. The number of amides is 1. The van der Waals surface area contributed by atoms with E-state index in [1.807, 2.05) is 22.8 Å². The van der Waals surface area contributed by atoms with E-state index in [2.05, 4.69) is 10.3 Å². The van der Waals surface area contributed by atoms with Gasteiger partial charge >= 0.3 is 0 Å². The summed E-state index contributed by atoms with van der Waals surface area (Å²) in [5.74, 6) is 0.846. The van der Waals surface area contributed by atoms with Gasteiger partial charge in [-0.3, -0.25) is 4.79 Å². The molecule has 0 radical (unpaired) electrons. The molecule has 4 rings (SSSR count). The predicted molar refractivity (Wildman–Crippen MR) is 93.3 cm³/mol. The van der Waals surface area contributed by atoms with Crippen molar-refractivity contribution >= 4 is 16.9 Å². The van der Waals surface area contributed by atoms with Crippen LogP contribution in [0.3, 0.4) is 0 Å². The lowest BCUT2D eigenvalue weighted by atomic mass is 10.2. The molecule has 134 valence electrons. The van der Waals surface area contributed by atoms with Gasteiger partial charge in [0.2, 0.25) is 0 Å². The maximum Gasteiger partial charge on any atom is 0.258 e. The minimum Gasteiger partial charge on any atom is -0.484 e. The van der Waals surface area contributed by atoms with Crippen molar-refractivity contribution in [2.45, 2.75) is 12.6 Å². The number of rotatable bonds is 5. The van der Waals surface area contributed by atoms with E-state index >= 15 is 0 Å². The number of hydrogen-bond acceptors (Lipinski definition) is 4. The third kappa shape index (κ3) is 3.39. The standard InChI is InChI=1S/C19H18FN3O3/c20-13-6-7-17-16(8-13)22-18-11-25-10-14(23(17)18)9-21-19(24)12-26-15-4-2-1-3-5-15/h1-8,14H,9-12H2,(H,21,24)/t14-/m0/s1. The zero-order chi connectivity index (χ0) is 17.9. The van der Waals surface area contributed by atoms with Gasteiger partial charge in [0.1, 0.15) is 24.0 Å². The number of ether oxygens (including phenoxy) is 2. The minimum atomic E-state index is -0.322. The molecule has 7 heteroatoms. The quantitative estimate of drug-likeness (QED) is 0.763. The molecular formula is C19H18FN3O3. The number of benzene rings is 2. The van der Waals surface area contributed by atoms with Gasteiger partial charge < -0.3 is 19.4 Å². The molecular weight excluding hydrogens is 337 g/mol. The van der Waals surface area contributed by atoms with Crippen LogP contribution in [0.4, 0.5) is 4.39 Å². The summed E-state index contributed by atoms with van der Waals surface area (Å²) >= 11 is 0. The molecule has 3 aromatic rings. The smallest absolute Gasteiger partial charge is 0.258 e. The summed E-state index contributed by atoms with van der Waals surface area (Å²) in [5.41, 5.74) is 1.43. The molecule has 1 N–H and O–H groups in total. The Kier molecular flexibility index (Phi) is 4.53. The van der Waals surface area contributed by atoms with E-state index in [0.29, 0.717) is 31.0 Å². The first kappa shape index (κ1) is 16.5. The van der Waals surface area contributed by atoms with Crippen molar-refractivity contribution in [1.82, 2.24) is 14.9 Å². The summed E-state index contributed by atoms with van der Waals surface area (Å²) in [6.07, 6.45) is 0. The number of aromatic nitrogens is 2. The van der Waals surface area contributed by atoms with Gasteiger partial charge in [0.05, 0.1) is 23.7 Å². The third-order valence-electron chi connectivity index (χ3n) is 4.28. The van der Waals surface area contributed by atoms with E-state index < -0.39 is 0 Å². The monoisotopic (exact) mass is 355 g/mol. The number of imidazole rings is 1. The molecule has 0 unspecified atom stereocenters. The molecule has 0 fully saturated rings. The largest absolute Gasteiger partial charge is 0.484 e. The van der Waals surface area contributed by atoms with Crippen molar-refractivity contribution in [1.29, 1.82) is 0 Å². The highest BCUT2D eigenvalue weighted by Crippen LogP contribution is 2.26. The van der Waals surface area contributed by atoms with E-state index in [-0.39, 0.29) is 24.4 Å². The Hall–Kier alpha value is -2.93. The van der Waals surface area contributed by atoms with Crippen LogP contribution in [0.15, 0.2) is 48.5 Å². The number of nitrogens with zero attached hydrogens (tertiary/aromatic N) is 2. The Labute approximate surface area is 149 Å². The van der Waals surface area contributed by atoms with Gasteiger partial charge in [-0.1, -0.05) is 18.2 Å². The number of fused-ring (bicyclic) bond motifs is 3. The van der Waals surface area contributed by atoms with Crippen LogP contribution in [-0.4, -0.2) is 35.2 Å². The fourth-order valence-electron chi connectivity index (χ4n) is 3.09. The van der Waals surface area contributed by atoms with E-state index in [4.69, 9.17) is 9.47 Å². The van der Waals surface area contributed by atoms with E-state index in [9.17, 15) is 9.18 Å². The van der Waals surface area contributed by atoms with Gasteiger partial charge in [-0.15, -0.1) is 0 Å². The minimum absolute atomic E-state index is 0.0552. The average molecular weight is 355 g/mol. The van der Waals surface area contributed by atoms with Crippen LogP contribution in [0, 0.1) is 5.82 Å². The molecule has 1 atom stereocenters. The summed E-state index contributed by atoms with van der Waals surface area (Å²) in [4.78, 5) is 16.5. The normalized spacial score (nSPS) is 16.3. The predicted octanol–water partition coefficient (Wildman–Crippen LogP) is 2.44. The SMILES string of the molecule is O=C(COc1ccccc1)NC[C@H]1COCc2nc3cc(F)ccc3n21. The highest BCUT2D eigenvalue weighted by molar-refractivity contribution is 5.78. The summed E-state index contributed by atoms with van der Waals surface area (Å²) in [7, 11) is 0. The topological polar surface area (TPSA) is 65.4 Å². The molecule has 0 bridgehead atoms. The van der Waals surface area contributed by atoms with Gasteiger partial charge in [0.15, 0.2) is 6.61 Å². The maximum absolute atomic E-state index is 13.4. The first-order valence-electron chi connectivity index (χ1n) is 8.39. The number of para-hydroxylation sites is 1. The Balaban J connectivity index is 1.42. The second-order valence-electron chi connectivity index (χ2n) is 6.11. The second kappa shape index (κ2) is 7.13. The molecule has 6 nitrogen and oxygen atoms in total. The molecule has 26 heavy (non-hydrogen) atoms. The van der Waals surface area contributed by atoms with Gasteiger partial charge in [0.25, 0.3) is 5.91 Å². The Morgan fingerprint density at radius 2 is 2.15 bits per heavy atom. The summed E-state index contributed by atoms with van der Waals surface area (Å²) in [6.45, 7) is 1.15. The van der Waals surface area contributed by atoms with Crippen molar-refractivity contribution in [2.75, 3.05) is 19.8 Å². The summed E-state index contributed by atoms with van der Waals surface area (Å²) < 4.78 is 26.4. The fraction of sp³-hybridized carbons (Fsp3) is 0.263. The highest BCUT2D eigenvalue weighted by atomic mass is 19.1. The van der Waals surface area contributed by atoms with Crippen LogP contribution >= 0.6 is 0 Å². The summed E-state index contributed by atoms with van der Waals surface area (Å²) in [6, 6.07) is 13.6. The lowest BCUT2D eigenvalue weighted by molar-refractivity contribution is -0.123. The average Bonchev–Trinajstić information content (AvgIpc) is 3.03. The first-order valence-corrected chi connectivity index (χ1v) is 8.39.